The number of hydrogen-bond acceptors (Lipinski definition) is 3. The zero-order valence-corrected chi connectivity index (χ0v) is 11.6. The molecule has 0 aliphatic heterocycles. The molecule has 102 valence electrons. The van der Waals surface area contributed by atoms with Gasteiger partial charge in [-0.3, -0.25) is 0 Å². The first-order valence-corrected chi connectivity index (χ1v) is 6.38. The molecule has 0 amide bonds. The van der Waals surface area contributed by atoms with E-state index < -0.39 is 0 Å². The van der Waals surface area contributed by atoms with E-state index in [9.17, 15) is 0 Å². The van der Waals surface area contributed by atoms with E-state index in [2.05, 4.69) is 35.1 Å². The van der Waals surface area contributed by atoms with E-state index in [0.29, 0.717) is 0 Å². The van der Waals surface area contributed by atoms with Crippen molar-refractivity contribution < 1.29 is 9.47 Å². The summed E-state index contributed by atoms with van der Waals surface area (Å²) in [5.74, 6) is 1.63. The van der Waals surface area contributed by atoms with Gasteiger partial charge in [0.2, 0.25) is 0 Å². The summed E-state index contributed by atoms with van der Waals surface area (Å²) in [6.45, 7) is 3.86. The highest BCUT2D eigenvalue weighted by Crippen LogP contribution is 2.29. The second-order valence-corrected chi connectivity index (χ2v) is 4.21. The molecular weight excluding hydrogens is 240 g/mol. The van der Waals surface area contributed by atoms with Crippen LogP contribution in [0.1, 0.15) is 12.6 Å². The van der Waals surface area contributed by atoms with Crippen LogP contribution in [0.4, 0.5) is 5.69 Å². The Labute approximate surface area is 114 Å². The molecule has 0 radical (unpaired) electrons. The summed E-state index contributed by atoms with van der Waals surface area (Å²) in [6, 6.07) is 9.91. The summed E-state index contributed by atoms with van der Waals surface area (Å²) < 4.78 is 12.8. The van der Waals surface area contributed by atoms with Crippen LogP contribution in [0.5, 0.6) is 11.5 Å². The Morgan fingerprint density at radius 3 is 2.68 bits per heavy atom. The molecule has 1 heterocycles. The van der Waals surface area contributed by atoms with Gasteiger partial charge in [0, 0.05) is 24.5 Å². The lowest BCUT2D eigenvalue weighted by Gasteiger charge is -2.13. The molecule has 0 saturated heterocycles. The van der Waals surface area contributed by atoms with E-state index in [1.54, 1.807) is 14.2 Å². The van der Waals surface area contributed by atoms with E-state index >= 15 is 0 Å². The number of methoxy groups -OCH3 is 2. The minimum absolute atomic E-state index is 0.754. The first kappa shape index (κ1) is 13.3. The SMILES string of the molecule is CCn1cccc1CNc1cc(OC)ccc1OC. The van der Waals surface area contributed by atoms with Crippen molar-refractivity contribution in [2.24, 2.45) is 0 Å². The smallest absolute Gasteiger partial charge is 0.142 e. The van der Waals surface area contributed by atoms with Gasteiger partial charge < -0.3 is 19.4 Å². The molecule has 0 fully saturated rings. The fraction of sp³-hybridized carbons (Fsp3) is 0.333. The van der Waals surface area contributed by atoms with E-state index in [4.69, 9.17) is 9.47 Å². The topological polar surface area (TPSA) is 35.4 Å². The number of benzene rings is 1. The largest absolute Gasteiger partial charge is 0.497 e. The summed E-state index contributed by atoms with van der Waals surface area (Å²) in [5.41, 5.74) is 2.18. The fourth-order valence-electron chi connectivity index (χ4n) is 2.06. The molecule has 0 unspecified atom stereocenters. The van der Waals surface area contributed by atoms with Crippen LogP contribution < -0.4 is 14.8 Å². The van der Waals surface area contributed by atoms with Crippen LogP contribution >= 0.6 is 0 Å². The monoisotopic (exact) mass is 260 g/mol. The molecule has 1 aromatic carbocycles. The first-order valence-electron chi connectivity index (χ1n) is 6.38. The van der Waals surface area contributed by atoms with E-state index in [-0.39, 0.29) is 0 Å². The standard InChI is InChI=1S/C15H20N2O2/c1-4-17-9-5-6-12(17)11-16-14-10-13(18-2)7-8-15(14)19-3/h5-10,16H,4,11H2,1-3H3. The Hall–Kier alpha value is -2.10. The highest BCUT2D eigenvalue weighted by atomic mass is 16.5. The lowest BCUT2D eigenvalue weighted by molar-refractivity contribution is 0.404. The molecule has 1 N–H and O–H groups in total. The molecular formula is C15H20N2O2. The zero-order valence-electron chi connectivity index (χ0n) is 11.6. The summed E-state index contributed by atoms with van der Waals surface area (Å²) in [7, 11) is 3.33. The molecule has 4 nitrogen and oxygen atoms in total. The summed E-state index contributed by atoms with van der Waals surface area (Å²) in [5, 5.41) is 3.39. The van der Waals surface area contributed by atoms with Crippen molar-refractivity contribution in [3.05, 3.63) is 42.2 Å². The normalized spacial score (nSPS) is 10.3. The molecule has 2 aromatic rings. The van der Waals surface area contributed by atoms with Crippen LogP contribution in [-0.2, 0) is 13.1 Å². The Kier molecular flexibility index (Phi) is 4.34. The average molecular weight is 260 g/mol. The molecule has 0 aliphatic carbocycles. The number of nitrogens with one attached hydrogen (secondary N) is 1. The second kappa shape index (κ2) is 6.18. The van der Waals surface area contributed by atoms with Gasteiger partial charge >= 0.3 is 0 Å². The fourth-order valence-corrected chi connectivity index (χ4v) is 2.06. The van der Waals surface area contributed by atoms with E-state index in [1.165, 1.54) is 5.69 Å². The second-order valence-electron chi connectivity index (χ2n) is 4.21. The quantitative estimate of drug-likeness (QED) is 0.866. The molecule has 0 saturated carbocycles. The van der Waals surface area contributed by atoms with Gasteiger partial charge in [-0.15, -0.1) is 0 Å². The van der Waals surface area contributed by atoms with Gasteiger partial charge in [-0.2, -0.15) is 0 Å². The number of ether oxygens (including phenoxy) is 2. The van der Waals surface area contributed by atoms with Crippen molar-refractivity contribution in [1.82, 2.24) is 4.57 Å². The van der Waals surface area contributed by atoms with Crippen LogP contribution in [-0.4, -0.2) is 18.8 Å². The van der Waals surface area contributed by atoms with Crippen molar-refractivity contribution in [1.29, 1.82) is 0 Å². The predicted molar refractivity (Wildman–Crippen MR) is 77.0 cm³/mol. The van der Waals surface area contributed by atoms with Gasteiger partial charge in [0.25, 0.3) is 0 Å². The summed E-state index contributed by atoms with van der Waals surface area (Å²) in [6.07, 6.45) is 2.08. The van der Waals surface area contributed by atoms with Crippen LogP contribution in [0.3, 0.4) is 0 Å². The third kappa shape index (κ3) is 3.02. The minimum atomic E-state index is 0.754. The Morgan fingerprint density at radius 1 is 1.16 bits per heavy atom. The number of anilines is 1. The number of aromatic nitrogens is 1. The predicted octanol–water partition coefficient (Wildman–Crippen LogP) is 3.14. The third-order valence-electron chi connectivity index (χ3n) is 3.13. The van der Waals surface area contributed by atoms with Crippen molar-refractivity contribution in [3.63, 3.8) is 0 Å². The summed E-state index contributed by atoms with van der Waals surface area (Å²) >= 11 is 0. The average Bonchev–Trinajstić information content (AvgIpc) is 2.92. The highest BCUT2D eigenvalue weighted by Gasteiger charge is 2.06. The maximum atomic E-state index is 5.35. The molecule has 0 bridgehead atoms. The van der Waals surface area contributed by atoms with Gasteiger partial charge in [-0.25, -0.2) is 0 Å². The number of nitrogens with zero attached hydrogens (tertiary/aromatic N) is 1. The Bertz CT molecular complexity index is 535. The van der Waals surface area contributed by atoms with E-state index in [0.717, 1.165) is 30.3 Å². The van der Waals surface area contributed by atoms with E-state index in [1.807, 2.05) is 18.2 Å². The molecule has 0 spiro atoms. The van der Waals surface area contributed by atoms with Crippen molar-refractivity contribution in [2.75, 3.05) is 19.5 Å². The van der Waals surface area contributed by atoms with Gasteiger partial charge in [0.1, 0.15) is 11.5 Å². The molecule has 2 rings (SSSR count). The lowest BCUT2D eigenvalue weighted by Crippen LogP contribution is -2.07. The molecule has 4 heteroatoms. The first-order chi connectivity index (χ1) is 9.28. The van der Waals surface area contributed by atoms with Gasteiger partial charge in [-0.1, -0.05) is 0 Å². The van der Waals surface area contributed by atoms with Gasteiger partial charge in [0.05, 0.1) is 26.5 Å². The number of hydrogen-bond donors (Lipinski definition) is 1. The van der Waals surface area contributed by atoms with Crippen LogP contribution in [0.15, 0.2) is 36.5 Å². The van der Waals surface area contributed by atoms with Crippen molar-refractivity contribution in [3.8, 4) is 11.5 Å². The van der Waals surface area contributed by atoms with Gasteiger partial charge in [0.15, 0.2) is 0 Å². The Morgan fingerprint density at radius 2 is 2.00 bits per heavy atom. The maximum absolute atomic E-state index is 5.35. The highest BCUT2D eigenvalue weighted by molar-refractivity contribution is 5.59. The molecule has 1 aromatic heterocycles. The Balaban J connectivity index is 2.14. The van der Waals surface area contributed by atoms with Gasteiger partial charge in [-0.05, 0) is 31.2 Å². The summed E-state index contributed by atoms with van der Waals surface area (Å²) in [4.78, 5) is 0. The van der Waals surface area contributed by atoms with Crippen molar-refractivity contribution >= 4 is 5.69 Å². The minimum Gasteiger partial charge on any atom is -0.497 e. The third-order valence-corrected chi connectivity index (χ3v) is 3.13. The maximum Gasteiger partial charge on any atom is 0.142 e. The molecule has 0 atom stereocenters. The number of aryl methyl sites for hydroxylation is 1. The lowest BCUT2D eigenvalue weighted by atomic mass is 10.2. The zero-order chi connectivity index (χ0) is 13.7. The van der Waals surface area contributed by atoms with Crippen LogP contribution in [0.2, 0.25) is 0 Å². The molecule has 0 aliphatic rings. The van der Waals surface area contributed by atoms with Crippen molar-refractivity contribution in [2.45, 2.75) is 20.0 Å². The molecule has 19 heavy (non-hydrogen) atoms. The van der Waals surface area contributed by atoms with Crippen LogP contribution in [0.25, 0.3) is 0 Å². The number of rotatable bonds is 6. The van der Waals surface area contributed by atoms with Crippen LogP contribution in [0, 0.1) is 0 Å².